The van der Waals surface area contributed by atoms with Crippen LogP contribution in [0.3, 0.4) is 0 Å². The number of carboxylic acids is 1. The standard InChI is InChI=1S/C22H18N2O4/c1-2-16-19(23-21(26)18(20(16)25)22(27)28)14-8-9-17-13(12-14)10-11-24(17)15-6-4-3-5-7-15/h3-12H,2H2,1H3,(H,27,28)(H2,23,25,26). The Hall–Kier alpha value is -3.80. The molecule has 0 saturated heterocycles. The molecule has 2 heterocycles. The molecule has 2 aromatic carbocycles. The molecule has 140 valence electrons. The molecular formula is C22H18N2O4. The fraction of sp³-hybridized carbons (Fsp3) is 0.0909. The van der Waals surface area contributed by atoms with Gasteiger partial charge in [0.1, 0.15) is 5.75 Å². The lowest BCUT2D eigenvalue weighted by Gasteiger charge is -2.12. The number of H-pyrrole nitrogens is 1. The van der Waals surface area contributed by atoms with Crippen LogP contribution in [-0.2, 0) is 6.42 Å². The first-order valence-corrected chi connectivity index (χ1v) is 8.89. The summed E-state index contributed by atoms with van der Waals surface area (Å²) in [5, 5.41) is 20.5. The predicted octanol–water partition coefficient (Wildman–Crippen LogP) is 3.95. The monoisotopic (exact) mass is 374 g/mol. The van der Waals surface area contributed by atoms with Gasteiger partial charge in [-0.1, -0.05) is 31.2 Å². The zero-order chi connectivity index (χ0) is 19.8. The summed E-state index contributed by atoms with van der Waals surface area (Å²) >= 11 is 0. The normalized spacial score (nSPS) is 11.0. The van der Waals surface area contributed by atoms with E-state index in [1.165, 1.54) is 0 Å². The van der Waals surface area contributed by atoms with Gasteiger partial charge in [0.05, 0.1) is 11.2 Å². The van der Waals surface area contributed by atoms with Crippen LogP contribution in [0.4, 0.5) is 0 Å². The molecule has 6 nitrogen and oxygen atoms in total. The number of rotatable bonds is 4. The van der Waals surface area contributed by atoms with E-state index >= 15 is 0 Å². The van der Waals surface area contributed by atoms with E-state index in [9.17, 15) is 19.8 Å². The minimum Gasteiger partial charge on any atom is -0.506 e. The lowest BCUT2D eigenvalue weighted by Crippen LogP contribution is -2.20. The van der Waals surface area contributed by atoms with Crippen LogP contribution in [-0.4, -0.2) is 25.7 Å². The molecule has 0 saturated carbocycles. The molecule has 0 aliphatic heterocycles. The Kier molecular flexibility index (Phi) is 4.24. The average Bonchev–Trinajstić information content (AvgIpc) is 3.11. The van der Waals surface area contributed by atoms with Crippen molar-refractivity contribution in [1.29, 1.82) is 0 Å². The molecule has 28 heavy (non-hydrogen) atoms. The lowest BCUT2D eigenvalue weighted by atomic mass is 9.99. The van der Waals surface area contributed by atoms with Gasteiger partial charge in [0, 0.05) is 22.8 Å². The number of fused-ring (bicyclic) bond motifs is 1. The molecule has 0 unspecified atom stereocenters. The Morgan fingerprint density at radius 1 is 1.11 bits per heavy atom. The quantitative estimate of drug-likeness (QED) is 0.504. The van der Waals surface area contributed by atoms with E-state index in [-0.39, 0.29) is 0 Å². The first-order valence-electron chi connectivity index (χ1n) is 8.89. The number of pyridine rings is 1. The molecule has 0 amide bonds. The number of hydrogen-bond acceptors (Lipinski definition) is 3. The van der Waals surface area contributed by atoms with Crippen LogP contribution in [0.2, 0.25) is 0 Å². The van der Waals surface area contributed by atoms with Crippen LogP contribution >= 0.6 is 0 Å². The van der Waals surface area contributed by atoms with Crippen molar-refractivity contribution in [2.24, 2.45) is 0 Å². The largest absolute Gasteiger partial charge is 0.506 e. The van der Waals surface area contributed by atoms with Gasteiger partial charge in [0.15, 0.2) is 5.56 Å². The van der Waals surface area contributed by atoms with E-state index in [1.807, 2.05) is 60.8 Å². The molecule has 0 aliphatic carbocycles. The third-order valence-electron chi connectivity index (χ3n) is 4.87. The molecule has 3 N–H and O–H groups in total. The van der Waals surface area contributed by atoms with E-state index < -0.39 is 22.8 Å². The van der Waals surface area contributed by atoms with E-state index in [2.05, 4.69) is 9.55 Å². The first-order chi connectivity index (χ1) is 13.5. The lowest BCUT2D eigenvalue weighted by molar-refractivity contribution is 0.0691. The minimum absolute atomic E-state index is 0.376. The smallest absolute Gasteiger partial charge is 0.345 e. The van der Waals surface area contributed by atoms with Gasteiger partial charge in [-0.2, -0.15) is 0 Å². The zero-order valence-corrected chi connectivity index (χ0v) is 15.1. The number of benzene rings is 2. The molecule has 6 heteroatoms. The number of aromatic amines is 1. The van der Waals surface area contributed by atoms with E-state index in [1.54, 1.807) is 6.92 Å². The average molecular weight is 374 g/mol. The Morgan fingerprint density at radius 3 is 2.54 bits per heavy atom. The molecule has 0 aliphatic rings. The number of nitrogens with zero attached hydrogens (tertiary/aromatic N) is 1. The number of hydrogen-bond donors (Lipinski definition) is 3. The molecule has 0 radical (unpaired) electrons. The van der Waals surface area contributed by atoms with Crippen molar-refractivity contribution in [2.75, 3.05) is 0 Å². The highest BCUT2D eigenvalue weighted by atomic mass is 16.4. The van der Waals surface area contributed by atoms with Crippen molar-refractivity contribution >= 4 is 16.9 Å². The van der Waals surface area contributed by atoms with E-state index in [4.69, 9.17) is 0 Å². The molecular weight excluding hydrogens is 356 g/mol. The summed E-state index contributed by atoms with van der Waals surface area (Å²) in [7, 11) is 0. The van der Waals surface area contributed by atoms with Gasteiger partial charge in [-0.05, 0) is 42.3 Å². The van der Waals surface area contributed by atoms with Gasteiger partial charge < -0.3 is 19.8 Å². The van der Waals surface area contributed by atoms with Crippen molar-refractivity contribution < 1.29 is 15.0 Å². The second kappa shape index (κ2) is 6.74. The number of para-hydroxylation sites is 1. The van der Waals surface area contributed by atoms with Gasteiger partial charge in [-0.3, -0.25) is 4.79 Å². The van der Waals surface area contributed by atoms with Crippen LogP contribution in [0.25, 0.3) is 27.8 Å². The Bertz CT molecular complexity index is 1250. The maximum absolute atomic E-state index is 12.2. The fourth-order valence-corrected chi connectivity index (χ4v) is 3.53. The second-order valence-corrected chi connectivity index (χ2v) is 6.48. The highest BCUT2D eigenvalue weighted by Crippen LogP contribution is 2.32. The van der Waals surface area contributed by atoms with Crippen LogP contribution in [0.5, 0.6) is 5.75 Å². The number of nitrogens with one attached hydrogen (secondary N) is 1. The number of aromatic carboxylic acids is 1. The number of carbonyl (C=O) groups is 1. The Labute approximate surface area is 160 Å². The SMILES string of the molecule is CCc1c(-c2ccc3c(ccn3-c3ccccc3)c2)[nH]c(=O)c(C(=O)O)c1O. The molecule has 0 spiro atoms. The van der Waals surface area contributed by atoms with Gasteiger partial charge in [0.25, 0.3) is 5.56 Å². The summed E-state index contributed by atoms with van der Waals surface area (Å²) in [5.74, 6) is -1.92. The highest BCUT2D eigenvalue weighted by molar-refractivity contribution is 5.92. The van der Waals surface area contributed by atoms with Crippen molar-refractivity contribution in [3.63, 3.8) is 0 Å². The summed E-state index contributed by atoms with van der Waals surface area (Å²) in [4.78, 5) is 26.1. The molecule has 4 aromatic rings. The molecule has 2 aromatic heterocycles. The second-order valence-electron chi connectivity index (χ2n) is 6.48. The summed E-state index contributed by atoms with van der Waals surface area (Å²) < 4.78 is 2.06. The van der Waals surface area contributed by atoms with Gasteiger partial charge in [-0.15, -0.1) is 0 Å². The van der Waals surface area contributed by atoms with Gasteiger partial charge in [-0.25, -0.2) is 4.79 Å². The summed E-state index contributed by atoms with van der Waals surface area (Å²) in [6.07, 6.45) is 2.35. The third-order valence-corrected chi connectivity index (χ3v) is 4.87. The molecule has 0 bridgehead atoms. The molecule has 0 atom stereocenters. The predicted molar refractivity (Wildman–Crippen MR) is 107 cm³/mol. The van der Waals surface area contributed by atoms with Crippen molar-refractivity contribution in [1.82, 2.24) is 9.55 Å². The van der Waals surface area contributed by atoms with Crippen LogP contribution in [0.15, 0.2) is 65.6 Å². The Balaban J connectivity index is 1.89. The van der Waals surface area contributed by atoms with E-state index in [0.717, 1.165) is 16.6 Å². The van der Waals surface area contributed by atoms with Gasteiger partial charge >= 0.3 is 5.97 Å². The van der Waals surface area contributed by atoms with Crippen LogP contribution in [0, 0.1) is 0 Å². The van der Waals surface area contributed by atoms with Crippen LogP contribution in [0.1, 0.15) is 22.8 Å². The maximum atomic E-state index is 12.2. The summed E-state index contributed by atoms with van der Waals surface area (Å²) in [6.45, 7) is 1.80. The van der Waals surface area contributed by atoms with Crippen molar-refractivity contribution in [2.45, 2.75) is 13.3 Å². The topological polar surface area (TPSA) is 95.3 Å². The summed E-state index contributed by atoms with van der Waals surface area (Å²) in [6, 6.07) is 17.6. The number of aromatic nitrogens is 2. The molecule has 0 fully saturated rings. The van der Waals surface area contributed by atoms with Gasteiger partial charge in [0.2, 0.25) is 0 Å². The fourth-order valence-electron chi connectivity index (χ4n) is 3.53. The summed E-state index contributed by atoms with van der Waals surface area (Å²) in [5.41, 5.74) is 2.14. The zero-order valence-electron chi connectivity index (χ0n) is 15.1. The molecule has 4 rings (SSSR count). The van der Waals surface area contributed by atoms with Crippen molar-refractivity contribution in [3.05, 3.63) is 82.3 Å². The number of carboxylic acid groups (broad SMARTS) is 1. The number of aromatic hydroxyl groups is 1. The van der Waals surface area contributed by atoms with Crippen molar-refractivity contribution in [3.8, 4) is 22.7 Å². The Morgan fingerprint density at radius 2 is 1.86 bits per heavy atom. The highest BCUT2D eigenvalue weighted by Gasteiger charge is 2.22. The third kappa shape index (κ3) is 2.75. The minimum atomic E-state index is -1.45. The van der Waals surface area contributed by atoms with Crippen LogP contribution < -0.4 is 5.56 Å². The maximum Gasteiger partial charge on any atom is 0.345 e. The first kappa shape index (κ1) is 17.6. The van der Waals surface area contributed by atoms with E-state index in [0.29, 0.717) is 23.2 Å².